The molecule has 248 valence electrons. The molecule has 0 aromatic heterocycles. The van der Waals surface area contributed by atoms with Crippen molar-refractivity contribution >= 4 is 34.9 Å². The second kappa shape index (κ2) is 14.1. The summed E-state index contributed by atoms with van der Waals surface area (Å²) in [6.45, 7) is 11.0. The van der Waals surface area contributed by atoms with Crippen molar-refractivity contribution < 1.29 is 33.8 Å². The number of carbonyl (C=O) groups excluding carboxylic acids is 4. The predicted octanol–water partition coefficient (Wildman–Crippen LogP) is 4.48. The minimum atomic E-state index is -1.75. The molecule has 1 aliphatic heterocycles. The molecule has 0 bridgehead atoms. The quantitative estimate of drug-likeness (QED) is 0.309. The van der Waals surface area contributed by atoms with Gasteiger partial charge >= 0.3 is 0 Å². The van der Waals surface area contributed by atoms with Gasteiger partial charge in [-0.25, -0.2) is 0 Å². The van der Waals surface area contributed by atoms with Gasteiger partial charge in [0.25, 0.3) is 5.91 Å². The van der Waals surface area contributed by atoms with Crippen molar-refractivity contribution in [3.05, 3.63) is 88.5 Å². The van der Waals surface area contributed by atoms with E-state index < -0.39 is 41.0 Å². The number of hydrogen-bond acceptors (Lipinski definition) is 7. The maximum Gasteiger partial charge on any atom is 0.260 e. The normalized spacial score (nSPS) is 22.8. The van der Waals surface area contributed by atoms with Crippen molar-refractivity contribution in [2.24, 2.45) is 11.8 Å². The minimum absolute atomic E-state index is 0.155. The van der Waals surface area contributed by atoms with Crippen LogP contribution in [0.5, 0.6) is 5.75 Å². The van der Waals surface area contributed by atoms with Gasteiger partial charge in [0.1, 0.15) is 17.5 Å². The Hall–Kier alpha value is -4.54. The highest BCUT2D eigenvalue weighted by atomic mass is 16.5. The molecule has 0 radical (unpaired) electrons. The fraction of sp³-hybridized carbons (Fsp3) is 0.405. The lowest BCUT2D eigenvalue weighted by Gasteiger charge is -2.44. The Kier molecular flexibility index (Phi) is 10.1. The summed E-state index contributed by atoms with van der Waals surface area (Å²) in [5.41, 5.74) is 3.64. The Morgan fingerprint density at radius 1 is 0.872 bits per heavy atom. The van der Waals surface area contributed by atoms with Gasteiger partial charge < -0.3 is 30.1 Å². The number of benzene rings is 3. The summed E-state index contributed by atoms with van der Waals surface area (Å²) in [4.78, 5) is 56.2. The van der Waals surface area contributed by atoms with Crippen LogP contribution < -0.4 is 15.4 Å². The summed E-state index contributed by atoms with van der Waals surface area (Å²) in [6.07, 6.45) is -0.371. The first-order chi connectivity index (χ1) is 22.3. The predicted molar refractivity (Wildman–Crippen MR) is 178 cm³/mol. The van der Waals surface area contributed by atoms with Gasteiger partial charge in [-0.1, -0.05) is 47.5 Å². The lowest BCUT2D eigenvalue weighted by Crippen LogP contribution is -2.56. The maximum atomic E-state index is 14.1. The molecule has 1 saturated carbocycles. The van der Waals surface area contributed by atoms with Gasteiger partial charge in [-0.3, -0.25) is 19.2 Å². The number of nitrogens with zero attached hydrogens (tertiary/aromatic N) is 1. The zero-order valence-electron chi connectivity index (χ0n) is 27.6. The van der Waals surface area contributed by atoms with E-state index in [1.54, 1.807) is 41.3 Å². The highest BCUT2D eigenvalue weighted by Crippen LogP contribution is 2.47. The molecular weight excluding hydrogens is 598 g/mol. The van der Waals surface area contributed by atoms with Crippen molar-refractivity contribution in [2.45, 2.75) is 52.6 Å². The van der Waals surface area contributed by atoms with Gasteiger partial charge in [-0.2, -0.15) is 0 Å². The summed E-state index contributed by atoms with van der Waals surface area (Å²) >= 11 is 0. The number of aliphatic hydroxyl groups is 1. The minimum Gasteiger partial charge on any atom is -0.484 e. The molecule has 1 saturated heterocycles. The van der Waals surface area contributed by atoms with E-state index in [0.717, 1.165) is 22.3 Å². The van der Waals surface area contributed by atoms with E-state index in [2.05, 4.69) is 10.6 Å². The Morgan fingerprint density at radius 3 is 1.98 bits per heavy atom. The molecule has 10 heteroatoms. The molecule has 2 aliphatic rings. The largest absolute Gasteiger partial charge is 0.484 e. The third-order valence-electron chi connectivity index (χ3n) is 9.10. The van der Waals surface area contributed by atoms with Crippen LogP contribution in [0.2, 0.25) is 0 Å². The molecule has 3 N–H and O–H groups in total. The van der Waals surface area contributed by atoms with Crippen LogP contribution in [0.4, 0.5) is 11.4 Å². The molecule has 4 unspecified atom stereocenters. The Balaban J connectivity index is 1.47. The van der Waals surface area contributed by atoms with Crippen LogP contribution in [0.25, 0.3) is 0 Å². The maximum absolute atomic E-state index is 14.1. The monoisotopic (exact) mass is 641 g/mol. The summed E-state index contributed by atoms with van der Waals surface area (Å²) in [6, 6.07) is 17.9. The second-order valence-electron chi connectivity index (χ2n) is 12.9. The third kappa shape index (κ3) is 7.72. The molecular formula is C37H43N3O7. The topological polar surface area (TPSA) is 134 Å². The van der Waals surface area contributed by atoms with E-state index in [1.165, 1.54) is 6.92 Å². The van der Waals surface area contributed by atoms with Crippen LogP contribution in [-0.2, 0) is 23.9 Å². The zero-order chi connectivity index (χ0) is 33.9. The van der Waals surface area contributed by atoms with Crippen molar-refractivity contribution in [3.8, 4) is 5.75 Å². The number of ether oxygens (including phenoxy) is 2. The van der Waals surface area contributed by atoms with Crippen molar-refractivity contribution in [1.29, 1.82) is 0 Å². The molecule has 3 aromatic rings. The molecule has 3 amide bonds. The third-order valence-corrected chi connectivity index (χ3v) is 9.10. The fourth-order valence-corrected chi connectivity index (χ4v) is 6.66. The van der Waals surface area contributed by atoms with E-state index in [0.29, 0.717) is 49.0 Å². The summed E-state index contributed by atoms with van der Waals surface area (Å²) in [5.74, 6) is -4.69. The standard InChI is InChI=1S/C37H43N3O7/c1-22-6-12-28(24(3)18-22)38-35(43)33-30(41)20-37(5,45)34(36(44)39-29-13-7-23(2)19-25(29)4)32(33)26-8-10-27(11-9-26)47-21-31(42)40-14-16-46-17-15-40/h6-13,18-19,32-34,45H,14-17,20-21H2,1-5H3,(H,38,43)(H,39,44). The van der Waals surface area contributed by atoms with E-state index in [4.69, 9.17) is 9.47 Å². The number of hydrogen-bond donors (Lipinski definition) is 3. The van der Waals surface area contributed by atoms with E-state index >= 15 is 0 Å². The summed E-state index contributed by atoms with van der Waals surface area (Å²) < 4.78 is 11.1. The second-order valence-corrected chi connectivity index (χ2v) is 12.9. The van der Waals surface area contributed by atoms with Gasteiger partial charge in [-0.05, 0) is 75.6 Å². The number of morpholine rings is 1. The first kappa shape index (κ1) is 33.8. The molecule has 0 spiro atoms. The number of Topliss-reactive ketones (excluding diaryl/α,β-unsaturated/α-hetero) is 1. The highest BCUT2D eigenvalue weighted by Gasteiger charge is 2.56. The van der Waals surface area contributed by atoms with Crippen LogP contribution in [0, 0.1) is 39.5 Å². The molecule has 1 aliphatic carbocycles. The van der Waals surface area contributed by atoms with Crippen LogP contribution >= 0.6 is 0 Å². The number of aryl methyl sites for hydroxylation is 4. The van der Waals surface area contributed by atoms with E-state index in [1.807, 2.05) is 52.0 Å². The molecule has 10 nitrogen and oxygen atoms in total. The Bertz CT molecular complexity index is 1660. The smallest absolute Gasteiger partial charge is 0.260 e. The number of nitrogens with one attached hydrogen (secondary N) is 2. The number of ketones is 1. The van der Waals surface area contributed by atoms with E-state index in [9.17, 15) is 24.3 Å². The van der Waals surface area contributed by atoms with Gasteiger partial charge in [0.15, 0.2) is 6.61 Å². The average molecular weight is 642 g/mol. The molecule has 2 fully saturated rings. The van der Waals surface area contributed by atoms with Gasteiger partial charge in [0, 0.05) is 36.8 Å². The number of rotatable bonds is 8. The van der Waals surface area contributed by atoms with Crippen molar-refractivity contribution in [3.63, 3.8) is 0 Å². The summed E-state index contributed by atoms with van der Waals surface area (Å²) in [5, 5.41) is 17.6. The summed E-state index contributed by atoms with van der Waals surface area (Å²) in [7, 11) is 0. The van der Waals surface area contributed by atoms with Gasteiger partial charge in [0.2, 0.25) is 11.8 Å². The SMILES string of the molecule is Cc1ccc(NC(=O)C2C(=O)CC(C)(O)C(C(=O)Nc3ccc(C)cc3C)C2c2ccc(OCC(=O)N3CCOCC3)cc2)c(C)c1. The number of carbonyl (C=O) groups is 4. The lowest BCUT2D eigenvalue weighted by atomic mass is 9.61. The first-order valence-corrected chi connectivity index (χ1v) is 15.9. The van der Waals surface area contributed by atoms with E-state index in [-0.39, 0.29) is 18.9 Å². The average Bonchev–Trinajstić information content (AvgIpc) is 3.02. The highest BCUT2D eigenvalue weighted by molar-refractivity contribution is 6.10. The zero-order valence-corrected chi connectivity index (χ0v) is 27.6. The lowest BCUT2D eigenvalue weighted by molar-refractivity contribution is -0.151. The molecule has 3 aromatic carbocycles. The fourth-order valence-electron chi connectivity index (χ4n) is 6.66. The molecule has 4 atom stereocenters. The van der Waals surface area contributed by atoms with Crippen molar-refractivity contribution in [1.82, 2.24) is 4.90 Å². The van der Waals surface area contributed by atoms with Gasteiger partial charge in [-0.15, -0.1) is 0 Å². The van der Waals surface area contributed by atoms with Crippen LogP contribution in [-0.4, -0.2) is 72.0 Å². The Labute approximate surface area is 275 Å². The van der Waals surface area contributed by atoms with Crippen LogP contribution in [0.15, 0.2) is 60.7 Å². The van der Waals surface area contributed by atoms with Crippen molar-refractivity contribution in [2.75, 3.05) is 43.5 Å². The van der Waals surface area contributed by atoms with Crippen LogP contribution in [0.3, 0.4) is 0 Å². The Morgan fingerprint density at radius 2 is 1.43 bits per heavy atom. The molecule has 47 heavy (non-hydrogen) atoms. The molecule has 5 rings (SSSR count). The number of amides is 3. The van der Waals surface area contributed by atoms with Crippen LogP contribution in [0.1, 0.15) is 47.1 Å². The molecule has 1 heterocycles. The number of anilines is 2. The van der Waals surface area contributed by atoms with Gasteiger partial charge in [0.05, 0.1) is 24.7 Å². The first-order valence-electron chi connectivity index (χ1n) is 15.9.